The molecule has 2 aromatic rings. The fraction of sp³-hybridized carbons (Fsp3) is 0.474. The van der Waals surface area contributed by atoms with Gasteiger partial charge in [-0.2, -0.15) is 0 Å². The second-order valence-electron chi connectivity index (χ2n) is 6.75. The Labute approximate surface area is 167 Å². The summed E-state index contributed by atoms with van der Waals surface area (Å²) in [5, 5.41) is 22.8. The minimum absolute atomic E-state index is 0.229. The van der Waals surface area contributed by atoms with E-state index in [1.165, 1.54) is 12.5 Å². The van der Waals surface area contributed by atoms with Gasteiger partial charge in [0.1, 0.15) is 17.5 Å². The number of nitrogens with zero attached hydrogens (tertiary/aromatic N) is 4. The molecule has 28 heavy (non-hydrogen) atoms. The number of hydrogen-bond donors (Lipinski definition) is 1. The number of imidazole rings is 1. The van der Waals surface area contributed by atoms with Crippen molar-refractivity contribution in [1.29, 1.82) is 0 Å². The lowest BCUT2D eigenvalue weighted by atomic mass is 9.79. The van der Waals surface area contributed by atoms with Crippen molar-refractivity contribution in [1.82, 2.24) is 9.55 Å². The van der Waals surface area contributed by atoms with E-state index in [-0.39, 0.29) is 5.82 Å². The molecule has 0 radical (unpaired) electrons. The summed E-state index contributed by atoms with van der Waals surface area (Å²) in [5.74, 6) is 1.23. The molecule has 1 aromatic carbocycles. The van der Waals surface area contributed by atoms with E-state index in [4.69, 9.17) is 4.74 Å². The summed E-state index contributed by atoms with van der Waals surface area (Å²) in [4.78, 5) is 19.0. The van der Waals surface area contributed by atoms with E-state index in [9.17, 15) is 15.2 Å². The molecule has 1 aliphatic rings. The molecule has 1 heterocycles. The molecule has 0 spiro atoms. The number of nitro groups is 1. The maximum Gasteiger partial charge on any atom is 0.381 e. The molecule has 9 heteroatoms. The molecule has 0 bridgehead atoms. The zero-order chi connectivity index (χ0) is 20.1. The van der Waals surface area contributed by atoms with Crippen LogP contribution in [0.1, 0.15) is 31.2 Å². The van der Waals surface area contributed by atoms with E-state index < -0.39 is 16.6 Å². The van der Waals surface area contributed by atoms with Gasteiger partial charge in [0.15, 0.2) is 0 Å². The highest BCUT2D eigenvalue weighted by Crippen LogP contribution is 2.41. The Hall–Kier alpha value is -2.39. The van der Waals surface area contributed by atoms with Crippen molar-refractivity contribution in [2.75, 3.05) is 14.2 Å². The average molecular weight is 404 g/mol. The molecule has 1 aromatic heterocycles. The van der Waals surface area contributed by atoms with Crippen molar-refractivity contribution < 1.29 is 14.8 Å². The van der Waals surface area contributed by atoms with Gasteiger partial charge in [0.25, 0.3) is 0 Å². The van der Waals surface area contributed by atoms with Crippen molar-refractivity contribution in [2.24, 2.45) is 4.99 Å². The number of rotatable bonds is 6. The highest BCUT2D eigenvalue weighted by Gasteiger charge is 2.47. The highest BCUT2D eigenvalue weighted by molar-refractivity contribution is 8.13. The molecular weight excluding hydrogens is 380 g/mol. The van der Waals surface area contributed by atoms with Crippen LogP contribution in [-0.2, 0) is 11.3 Å². The largest absolute Gasteiger partial charge is 0.497 e. The Balaban J connectivity index is 1.89. The van der Waals surface area contributed by atoms with E-state index in [1.54, 1.807) is 30.5 Å². The van der Waals surface area contributed by atoms with Crippen LogP contribution in [0.5, 0.6) is 5.75 Å². The van der Waals surface area contributed by atoms with Crippen LogP contribution in [0.15, 0.2) is 41.8 Å². The Morgan fingerprint density at radius 2 is 2.21 bits per heavy atom. The van der Waals surface area contributed by atoms with Gasteiger partial charge < -0.3 is 20.0 Å². The van der Waals surface area contributed by atoms with E-state index in [0.29, 0.717) is 18.6 Å². The molecule has 1 aliphatic carbocycles. The van der Waals surface area contributed by atoms with E-state index in [2.05, 4.69) is 9.98 Å². The number of methoxy groups -OCH3 is 1. The van der Waals surface area contributed by atoms with Crippen molar-refractivity contribution in [2.45, 2.75) is 43.1 Å². The van der Waals surface area contributed by atoms with Crippen LogP contribution in [0.3, 0.4) is 0 Å². The summed E-state index contributed by atoms with van der Waals surface area (Å²) in [6.07, 6.45) is 5.25. The molecule has 1 N–H and O–H groups in total. The smallest absolute Gasteiger partial charge is 0.381 e. The fourth-order valence-electron chi connectivity index (χ4n) is 3.68. The molecule has 2 atom stereocenters. The molecule has 150 valence electrons. The first kappa shape index (κ1) is 20.3. The average Bonchev–Trinajstić information content (AvgIpc) is 3.21. The first-order valence-corrected chi connectivity index (χ1v) is 10.1. The topological polar surface area (TPSA) is 103 Å². The summed E-state index contributed by atoms with van der Waals surface area (Å²) >= 11 is 1.54. The van der Waals surface area contributed by atoms with Crippen LogP contribution in [0.4, 0.5) is 5.82 Å². The number of aliphatic hydroxyl groups is 1. The van der Waals surface area contributed by atoms with Crippen LogP contribution in [0, 0.1) is 10.1 Å². The lowest BCUT2D eigenvalue weighted by molar-refractivity contribution is -0.389. The standard InChI is InChI=1S/C19H24N4O4S/c1-20-18(28-12-14-6-8-15(27-2)9-7-14)19(10-4-3-5-16(19)24)22-11-17(21-13-22)23(25)26/h6-9,11,13,16,24H,3-5,10,12H2,1-2H3. The third kappa shape index (κ3) is 3.90. The summed E-state index contributed by atoms with van der Waals surface area (Å²) in [7, 11) is 3.33. The Morgan fingerprint density at radius 1 is 1.46 bits per heavy atom. The number of aliphatic imine (C=N–C) groups is 1. The second-order valence-corrected chi connectivity index (χ2v) is 7.71. The van der Waals surface area contributed by atoms with E-state index in [1.807, 2.05) is 24.3 Å². The van der Waals surface area contributed by atoms with Crippen molar-refractivity contribution >= 4 is 22.6 Å². The minimum atomic E-state index is -0.828. The second kappa shape index (κ2) is 8.74. The number of benzene rings is 1. The molecule has 0 aliphatic heterocycles. The van der Waals surface area contributed by atoms with Gasteiger partial charge in [0, 0.05) is 12.8 Å². The summed E-state index contributed by atoms with van der Waals surface area (Å²) in [6.45, 7) is 0. The number of aromatic nitrogens is 2. The summed E-state index contributed by atoms with van der Waals surface area (Å²) in [5.41, 5.74) is 0.273. The van der Waals surface area contributed by atoms with Crippen LogP contribution in [0.2, 0.25) is 0 Å². The van der Waals surface area contributed by atoms with Crippen LogP contribution >= 0.6 is 11.8 Å². The lowest BCUT2D eigenvalue weighted by Gasteiger charge is -2.42. The Bertz CT molecular complexity index is 852. The van der Waals surface area contributed by atoms with Crippen molar-refractivity contribution in [3.8, 4) is 5.75 Å². The Morgan fingerprint density at radius 3 is 2.79 bits per heavy atom. The van der Waals surface area contributed by atoms with Crippen molar-refractivity contribution in [3.05, 3.63) is 52.5 Å². The molecule has 1 fully saturated rings. The Kier molecular flexibility index (Phi) is 6.35. The first-order chi connectivity index (χ1) is 13.5. The predicted molar refractivity (Wildman–Crippen MR) is 109 cm³/mol. The molecule has 2 unspecified atom stereocenters. The van der Waals surface area contributed by atoms with Gasteiger partial charge in [-0.25, -0.2) is 0 Å². The third-order valence-corrected chi connectivity index (χ3v) is 6.45. The fourth-order valence-corrected chi connectivity index (χ4v) is 4.90. The number of aliphatic hydroxyl groups excluding tert-OH is 1. The van der Waals surface area contributed by atoms with E-state index in [0.717, 1.165) is 29.2 Å². The van der Waals surface area contributed by atoms with E-state index >= 15 is 0 Å². The van der Waals surface area contributed by atoms with Gasteiger partial charge in [-0.3, -0.25) is 9.56 Å². The normalized spacial score (nSPS) is 22.8. The van der Waals surface area contributed by atoms with Gasteiger partial charge in [0.05, 0.1) is 18.3 Å². The number of hydrogen-bond acceptors (Lipinski definition) is 7. The van der Waals surface area contributed by atoms with Gasteiger partial charge in [-0.1, -0.05) is 25.0 Å². The van der Waals surface area contributed by atoms with Crippen molar-refractivity contribution in [3.63, 3.8) is 0 Å². The quantitative estimate of drug-likeness (QED) is 0.343. The van der Waals surface area contributed by atoms with Gasteiger partial charge >= 0.3 is 5.82 Å². The molecule has 1 saturated carbocycles. The van der Waals surface area contributed by atoms with Crippen LogP contribution in [-0.4, -0.2) is 44.9 Å². The SMILES string of the molecule is CN=C(SCc1ccc(OC)cc1)C1(n2cnc([N+](=O)[O-])c2)CCCCC1O. The van der Waals surface area contributed by atoms with Gasteiger partial charge in [-0.05, 0) is 40.4 Å². The predicted octanol–water partition coefficient (Wildman–Crippen LogP) is 3.39. The number of ether oxygens (including phenoxy) is 1. The lowest BCUT2D eigenvalue weighted by Crippen LogP contribution is -2.52. The zero-order valence-electron chi connectivity index (χ0n) is 15.9. The highest BCUT2D eigenvalue weighted by atomic mass is 32.2. The zero-order valence-corrected chi connectivity index (χ0v) is 16.8. The summed E-state index contributed by atoms with van der Waals surface area (Å²) in [6, 6.07) is 7.79. The molecule has 8 nitrogen and oxygen atoms in total. The monoisotopic (exact) mass is 404 g/mol. The minimum Gasteiger partial charge on any atom is -0.497 e. The molecule has 0 amide bonds. The summed E-state index contributed by atoms with van der Waals surface area (Å²) < 4.78 is 6.87. The maximum atomic E-state index is 11.1. The third-order valence-electron chi connectivity index (χ3n) is 5.16. The maximum absolute atomic E-state index is 11.1. The number of thioether (sulfide) groups is 1. The van der Waals surface area contributed by atoms with Crippen LogP contribution < -0.4 is 4.74 Å². The molecular formula is C19H24N4O4S. The van der Waals surface area contributed by atoms with Gasteiger partial charge in [0.2, 0.25) is 6.33 Å². The first-order valence-electron chi connectivity index (χ1n) is 9.11. The molecule has 3 rings (SSSR count). The molecule has 0 saturated heterocycles. The van der Waals surface area contributed by atoms with Crippen LogP contribution in [0.25, 0.3) is 0 Å². The van der Waals surface area contributed by atoms with Gasteiger partial charge in [-0.15, -0.1) is 11.8 Å².